The molecule has 2 N–H and O–H groups in total. The largest absolute Gasteiger partial charge is 0.454 e. The maximum Gasteiger partial charge on any atom is 0.151 e. The zero-order chi connectivity index (χ0) is 19.3. The van der Waals surface area contributed by atoms with E-state index in [1.807, 2.05) is 24.3 Å². The highest BCUT2D eigenvalue weighted by Gasteiger charge is 2.15. The third kappa shape index (κ3) is 4.61. The Morgan fingerprint density at radius 3 is 2.54 bits per heavy atom. The van der Waals surface area contributed by atoms with Crippen molar-refractivity contribution in [1.82, 2.24) is 5.32 Å². The molecule has 0 unspecified atom stereocenters. The topological polar surface area (TPSA) is 33.3 Å². The molecule has 0 spiro atoms. The molecule has 0 saturated carbocycles. The third-order valence-electron chi connectivity index (χ3n) is 4.90. The summed E-state index contributed by atoms with van der Waals surface area (Å²) in [7, 11) is 0. The molecule has 144 valence electrons. The fourth-order valence-electron chi connectivity index (χ4n) is 3.40. The molecule has 0 aromatic heterocycles. The Labute approximate surface area is 175 Å². The van der Waals surface area contributed by atoms with Crippen LogP contribution in [0.2, 0.25) is 10.0 Å². The molecule has 3 nitrogen and oxygen atoms in total. The predicted octanol–water partition coefficient (Wildman–Crippen LogP) is 6.62. The minimum Gasteiger partial charge on any atom is -0.454 e. The standard InChI is InChI=1S/C23H22Cl2N2O/c24-18-9-11-22(20(25)14-18)28-23-13-17(16-5-2-1-3-6-16)8-10-21(23)27-15-19-7-4-12-26-19/h1-3,5-6,8-11,13-14,19,26-27H,4,7,12,15H2/t19-/m0/s1. The summed E-state index contributed by atoms with van der Waals surface area (Å²) in [6.07, 6.45) is 2.41. The third-order valence-corrected chi connectivity index (χ3v) is 5.43. The predicted molar refractivity (Wildman–Crippen MR) is 118 cm³/mol. The highest BCUT2D eigenvalue weighted by Crippen LogP contribution is 2.37. The number of ether oxygens (including phenoxy) is 1. The fourth-order valence-corrected chi connectivity index (χ4v) is 3.85. The number of hydrogen-bond acceptors (Lipinski definition) is 3. The zero-order valence-corrected chi connectivity index (χ0v) is 16.9. The van der Waals surface area contributed by atoms with Crippen LogP contribution in [0.5, 0.6) is 11.5 Å². The Morgan fingerprint density at radius 2 is 1.79 bits per heavy atom. The van der Waals surface area contributed by atoms with Crippen molar-refractivity contribution in [3.63, 3.8) is 0 Å². The highest BCUT2D eigenvalue weighted by molar-refractivity contribution is 6.35. The van der Waals surface area contributed by atoms with Gasteiger partial charge in [-0.25, -0.2) is 0 Å². The lowest BCUT2D eigenvalue weighted by molar-refractivity contribution is 0.484. The molecule has 0 radical (unpaired) electrons. The molecule has 1 saturated heterocycles. The van der Waals surface area contributed by atoms with Gasteiger partial charge in [-0.05, 0) is 60.8 Å². The Kier molecular flexibility index (Phi) is 6.06. The molecule has 5 heteroatoms. The van der Waals surface area contributed by atoms with Crippen LogP contribution in [0.3, 0.4) is 0 Å². The van der Waals surface area contributed by atoms with Crippen LogP contribution >= 0.6 is 23.2 Å². The van der Waals surface area contributed by atoms with Crippen molar-refractivity contribution in [2.45, 2.75) is 18.9 Å². The van der Waals surface area contributed by atoms with E-state index < -0.39 is 0 Å². The van der Waals surface area contributed by atoms with E-state index in [4.69, 9.17) is 27.9 Å². The molecule has 3 aromatic carbocycles. The van der Waals surface area contributed by atoms with Crippen LogP contribution in [-0.4, -0.2) is 19.1 Å². The van der Waals surface area contributed by atoms with Crippen LogP contribution in [0.4, 0.5) is 5.69 Å². The summed E-state index contributed by atoms with van der Waals surface area (Å²) >= 11 is 12.3. The number of benzene rings is 3. The van der Waals surface area contributed by atoms with Crippen molar-refractivity contribution in [1.29, 1.82) is 0 Å². The maximum absolute atomic E-state index is 6.33. The van der Waals surface area contributed by atoms with Gasteiger partial charge in [0.25, 0.3) is 0 Å². The lowest BCUT2D eigenvalue weighted by atomic mass is 10.0. The van der Waals surface area contributed by atoms with E-state index in [9.17, 15) is 0 Å². The van der Waals surface area contributed by atoms with E-state index in [1.54, 1.807) is 18.2 Å². The van der Waals surface area contributed by atoms with Crippen LogP contribution < -0.4 is 15.4 Å². The summed E-state index contributed by atoms with van der Waals surface area (Å²) in [5.41, 5.74) is 3.17. The number of halogens is 2. The molecular weight excluding hydrogens is 391 g/mol. The van der Waals surface area contributed by atoms with Gasteiger partial charge in [0.2, 0.25) is 0 Å². The first-order chi connectivity index (χ1) is 13.7. The van der Waals surface area contributed by atoms with Crippen molar-refractivity contribution < 1.29 is 4.74 Å². The quantitative estimate of drug-likeness (QED) is 0.477. The molecule has 0 bridgehead atoms. The smallest absolute Gasteiger partial charge is 0.151 e. The summed E-state index contributed by atoms with van der Waals surface area (Å²) in [5.74, 6) is 1.32. The van der Waals surface area contributed by atoms with Gasteiger partial charge in [0.1, 0.15) is 5.75 Å². The van der Waals surface area contributed by atoms with E-state index in [2.05, 4.69) is 34.9 Å². The number of rotatable bonds is 6. The summed E-state index contributed by atoms with van der Waals surface area (Å²) < 4.78 is 6.20. The summed E-state index contributed by atoms with van der Waals surface area (Å²) in [6, 6.07) is 22.2. The van der Waals surface area contributed by atoms with E-state index in [0.29, 0.717) is 21.8 Å². The van der Waals surface area contributed by atoms with Gasteiger partial charge in [0.15, 0.2) is 5.75 Å². The van der Waals surface area contributed by atoms with Gasteiger partial charge in [-0.3, -0.25) is 0 Å². The van der Waals surface area contributed by atoms with E-state index in [1.165, 1.54) is 12.8 Å². The van der Waals surface area contributed by atoms with Gasteiger partial charge in [0, 0.05) is 17.6 Å². The van der Waals surface area contributed by atoms with Crippen LogP contribution in [0.25, 0.3) is 11.1 Å². The van der Waals surface area contributed by atoms with Crippen molar-refractivity contribution >= 4 is 28.9 Å². The van der Waals surface area contributed by atoms with E-state index in [-0.39, 0.29) is 0 Å². The monoisotopic (exact) mass is 412 g/mol. The molecule has 1 heterocycles. The van der Waals surface area contributed by atoms with Crippen LogP contribution in [0.1, 0.15) is 12.8 Å². The molecule has 1 fully saturated rings. The molecule has 4 rings (SSSR count). The average Bonchev–Trinajstić information content (AvgIpc) is 3.23. The summed E-state index contributed by atoms with van der Waals surface area (Å²) in [5, 5.41) is 8.11. The normalized spacial score (nSPS) is 16.1. The van der Waals surface area contributed by atoms with Crippen LogP contribution in [-0.2, 0) is 0 Å². The Bertz CT molecular complexity index is 941. The van der Waals surface area contributed by atoms with Gasteiger partial charge < -0.3 is 15.4 Å². The second-order valence-corrected chi connectivity index (χ2v) is 7.77. The summed E-state index contributed by atoms with van der Waals surface area (Å²) in [6.45, 7) is 1.94. The second kappa shape index (κ2) is 8.87. The Hall–Kier alpha value is -2.20. The van der Waals surface area contributed by atoms with Crippen molar-refractivity contribution in [3.05, 3.63) is 76.8 Å². The minimum absolute atomic E-state index is 0.487. The number of anilines is 1. The average molecular weight is 413 g/mol. The lowest BCUT2D eigenvalue weighted by Crippen LogP contribution is -2.29. The SMILES string of the molecule is Clc1ccc(Oc2cc(-c3ccccc3)ccc2NC[C@@H]2CCCN2)c(Cl)c1. The van der Waals surface area contributed by atoms with Crippen molar-refractivity contribution in [3.8, 4) is 22.6 Å². The van der Waals surface area contributed by atoms with Crippen molar-refractivity contribution in [2.24, 2.45) is 0 Å². The van der Waals surface area contributed by atoms with Gasteiger partial charge in [-0.15, -0.1) is 0 Å². The van der Waals surface area contributed by atoms with E-state index in [0.717, 1.165) is 35.7 Å². The van der Waals surface area contributed by atoms with Crippen LogP contribution in [0, 0.1) is 0 Å². The molecule has 0 amide bonds. The van der Waals surface area contributed by atoms with E-state index >= 15 is 0 Å². The first kappa shape index (κ1) is 19.1. The van der Waals surface area contributed by atoms with Crippen molar-refractivity contribution in [2.75, 3.05) is 18.4 Å². The van der Waals surface area contributed by atoms with Gasteiger partial charge in [-0.2, -0.15) is 0 Å². The molecule has 1 aliphatic rings. The fraction of sp³-hybridized carbons (Fsp3) is 0.217. The van der Waals surface area contributed by atoms with Crippen LogP contribution in [0.15, 0.2) is 66.7 Å². The second-order valence-electron chi connectivity index (χ2n) is 6.93. The van der Waals surface area contributed by atoms with Gasteiger partial charge in [-0.1, -0.05) is 59.6 Å². The first-order valence-corrected chi connectivity index (χ1v) is 10.2. The Morgan fingerprint density at radius 1 is 0.929 bits per heavy atom. The van der Waals surface area contributed by atoms with Gasteiger partial charge >= 0.3 is 0 Å². The maximum atomic E-state index is 6.33. The first-order valence-electron chi connectivity index (χ1n) is 9.49. The molecular formula is C23H22Cl2N2O. The molecule has 28 heavy (non-hydrogen) atoms. The summed E-state index contributed by atoms with van der Waals surface area (Å²) in [4.78, 5) is 0. The zero-order valence-electron chi connectivity index (χ0n) is 15.4. The van der Waals surface area contributed by atoms with Gasteiger partial charge in [0.05, 0.1) is 10.7 Å². The number of nitrogens with one attached hydrogen (secondary N) is 2. The highest BCUT2D eigenvalue weighted by atomic mass is 35.5. The lowest BCUT2D eigenvalue weighted by Gasteiger charge is -2.18. The molecule has 1 aliphatic heterocycles. The molecule has 1 atom stereocenters. The minimum atomic E-state index is 0.487. The number of hydrogen-bond donors (Lipinski definition) is 2. The molecule has 3 aromatic rings. The Balaban J connectivity index is 1.64. The molecule has 0 aliphatic carbocycles.